The van der Waals surface area contributed by atoms with E-state index in [1.165, 1.54) is 33.0 Å². The van der Waals surface area contributed by atoms with Crippen LogP contribution in [0.4, 0.5) is 0 Å². The Morgan fingerprint density at radius 2 is 1.51 bits per heavy atom. The van der Waals surface area contributed by atoms with Crippen molar-refractivity contribution >= 4 is 68.0 Å². The van der Waals surface area contributed by atoms with Crippen molar-refractivity contribution in [3.05, 3.63) is 131 Å². The average Bonchev–Trinajstić information content (AvgIpc) is 3.66. The summed E-state index contributed by atoms with van der Waals surface area (Å²) in [6.07, 6.45) is 6.11. The molecule has 218 valence electrons. The zero-order valence-electron chi connectivity index (χ0n) is 25.5. The fourth-order valence-electron chi connectivity index (χ4n) is 7.38. The van der Waals surface area contributed by atoms with E-state index in [9.17, 15) is 10.0 Å². The largest absolute Gasteiger partial charge is 0.488 e. The summed E-state index contributed by atoms with van der Waals surface area (Å²) in [5.41, 5.74) is 11.8. The summed E-state index contributed by atoms with van der Waals surface area (Å²) in [6, 6.07) is 34.3. The SMILES string of the molecule is C=Cc1sc2c(-c3cc(B(O)O)cc(-n4c5ccccc5c5cc6c(cc54)C(C)(C)c4ccccc4-6)c3)cccc2c1/C=C\C. The first-order valence-corrected chi connectivity index (χ1v) is 16.1. The minimum absolute atomic E-state index is 0.141. The molecule has 1 aliphatic carbocycles. The fourth-order valence-corrected chi connectivity index (χ4v) is 8.56. The summed E-state index contributed by atoms with van der Waals surface area (Å²) in [4.78, 5) is 1.12. The van der Waals surface area contributed by atoms with Gasteiger partial charge in [0.2, 0.25) is 0 Å². The Hall–Kier alpha value is -4.68. The smallest absolute Gasteiger partial charge is 0.423 e. The average molecular weight is 602 g/mol. The van der Waals surface area contributed by atoms with Gasteiger partial charge < -0.3 is 14.6 Å². The summed E-state index contributed by atoms with van der Waals surface area (Å²) in [6.45, 7) is 10.7. The quantitative estimate of drug-likeness (QED) is 0.193. The third-order valence-electron chi connectivity index (χ3n) is 9.48. The summed E-state index contributed by atoms with van der Waals surface area (Å²) in [5, 5.41) is 24.6. The monoisotopic (exact) mass is 601 g/mol. The molecule has 0 aliphatic heterocycles. The minimum atomic E-state index is -1.61. The van der Waals surface area contributed by atoms with Gasteiger partial charge in [-0.15, -0.1) is 11.3 Å². The number of hydrogen-bond acceptors (Lipinski definition) is 3. The van der Waals surface area contributed by atoms with E-state index < -0.39 is 7.12 Å². The third kappa shape index (κ3) is 4.05. The Kier molecular flexibility index (Phi) is 6.30. The Morgan fingerprint density at radius 3 is 2.31 bits per heavy atom. The van der Waals surface area contributed by atoms with Gasteiger partial charge >= 0.3 is 7.12 Å². The molecule has 2 heterocycles. The summed E-state index contributed by atoms with van der Waals surface area (Å²) < 4.78 is 3.43. The van der Waals surface area contributed by atoms with Crippen LogP contribution in [-0.2, 0) is 5.41 Å². The van der Waals surface area contributed by atoms with E-state index in [0.29, 0.717) is 5.46 Å². The molecule has 5 aromatic carbocycles. The Bertz CT molecular complexity index is 2370. The lowest BCUT2D eigenvalue weighted by Crippen LogP contribution is -2.30. The van der Waals surface area contributed by atoms with Crippen molar-refractivity contribution in [2.24, 2.45) is 0 Å². The van der Waals surface area contributed by atoms with Crippen molar-refractivity contribution in [2.75, 3.05) is 0 Å². The van der Waals surface area contributed by atoms with E-state index >= 15 is 0 Å². The summed E-state index contributed by atoms with van der Waals surface area (Å²) in [5.74, 6) is 0. The molecule has 0 radical (unpaired) electrons. The molecule has 8 rings (SSSR count). The molecule has 2 aromatic heterocycles. The van der Waals surface area contributed by atoms with Gasteiger partial charge in [-0.05, 0) is 81.7 Å². The number of para-hydroxylation sites is 1. The Balaban J connectivity index is 1.43. The van der Waals surface area contributed by atoms with E-state index in [1.807, 2.05) is 25.1 Å². The van der Waals surface area contributed by atoms with Gasteiger partial charge in [-0.1, -0.05) is 105 Å². The van der Waals surface area contributed by atoms with Gasteiger partial charge in [0.1, 0.15) is 0 Å². The highest BCUT2D eigenvalue weighted by atomic mass is 32.1. The zero-order valence-corrected chi connectivity index (χ0v) is 26.3. The van der Waals surface area contributed by atoms with Crippen molar-refractivity contribution < 1.29 is 10.0 Å². The normalized spacial score (nSPS) is 13.6. The molecule has 3 nitrogen and oxygen atoms in total. The van der Waals surface area contributed by atoms with E-state index in [1.54, 1.807) is 11.3 Å². The van der Waals surface area contributed by atoms with Crippen molar-refractivity contribution in [1.82, 2.24) is 4.57 Å². The molecule has 0 fully saturated rings. The molecule has 0 saturated heterocycles. The maximum absolute atomic E-state index is 10.5. The lowest BCUT2D eigenvalue weighted by molar-refractivity contribution is 0.426. The lowest BCUT2D eigenvalue weighted by Gasteiger charge is -2.22. The Morgan fingerprint density at radius 1 is 0.756 bits per heavy atom. The zero-order chi connectivity index (χ0) is 31.0. The van der Waals surface area contributed by atoms with Gasteiger partial charge in [0.15, 0.2) is 0 Å². The van der Waals surface area contributed by atoms with E-state index in [0.717, 1.165) is 48.4 Å². The highest BCUT2D eigenvalue weighted by Crippen LogP contribution is 2.51. The molecule has 5 heteroatoms. The molecular weight excluding hydrogens is 569 g/mol. The van der Waals surface area contributed by atoms with Crippen LogP contribution in [0.15, 0.2) is 110 Å². The van der Waals surface area contributed by atoms with Crippen LogP contribution in [0.3, 0.4) is 0 Å². The van der Waals surface area contributed by atoms with Crippen LogP contribution < -0.4 is 5.46 Å². The highest BCUT2D eigenvalue weighted by molar-refractivity contribution is 7.20. The van der Waals surface area contributed by atoms with Crippen LogP contribution in [0.2, 0.25) is 0 Å². The molecular formula is C40H32BNO2S. The molecule has 2 N–H and O–H groups in total. The number of allylic oxidation sites excluding steroid dienone is 1. The molecule has 0 spiro atoms. The lowest BCUT2D eigenvalue weighted by atomic mass is 9.78. The molecule has 0 unspecified atom stereocenters. The van der Waals surface area contributed by atoms with E-state index in [2.05, 4.69) is 122 Å². The first-order valence-electron chi connectivity index (χ1n) is 15.3. The molecule has 0 amide bonds. The van der Waals surface area contributed by atoms with Crippen LogP contribution in [0.1, 0.15) is 42.3 Å². The number of aromatic nitrogens is 1. The predicted octanol–water partition coefficient (Wildman–Crippen LogP) is 9.33. The van der Waals surface area contributed by atoms with Crippen molar-refractivity contribution in [3.63, 3.8) is 0 Å². The standard InChI is InChI=1S/C40H32BNO2S/c1-5-12-30-31-16-11-15-27(39(31)45-38(30)6-2)24-19-25(41(43)44)21-26(20-24)42-36-18-10-8-14-29(36)33-22-32-28-13-7-9-17-34(28)40(3,4)35(32)23-37(33)42/h5-23,43-44H,2H2,1,3-4H3/b12-5-. The van der Waals surface area contributed by atoms with E-state index in [-0.39, 0.29) is 5.41 Å². The first kappa shape index (κ1) is 27.8. The maximum atomic E-state index is 10.5. The predicted molar refractivity (Wildman–Crippen MR) is 194 cm³/mol. The fraction of sp³-hybridized carbons (Fsp3) is 0.100. The van der Waals surface area contributed by atoms with Gasteiger partial charge in [0.05, 0.1) is 11.0 Å². The van der Waals surface area contributed by atoms with Crippen molar-refractivity contribution in [3.8, 4) is 27.9 Å². The Labute approximate surface area is 267 Å². The number of benzene rings is 5. The number of fused-ring (bicyclic) bond motifs is 7. The second kappa shape index (κ2) is 10.2. The van der Waals surface area contributed by atoms with Crippen LogP contribution in [-0.4, -0.2) is 21.7 Å². The number of nitrogens with zero attached hydrogens (tertiary/aromatic N) is 1. The van der Waals surface area contributed by atoms with Crippen LogP contribution in [0, 0.1) is 0 Å². The first-order chi connectivity index (χ1) is 21.8. The van der Waals surface area contributed by atoms with Crippen molar-refractivity contribution in [1.29, 1.82) is 0 Å². The second-order valence-corrected chi connectivity index (χ2v) is 13.4. The van der Waals surface area contributed by atoms with Crippen LogP contribution in [0.5, 0.6) is 0 Å². The highest BCUT2D eigenvalue weighted by Gasteiger charge is 2.36. The van der Waals surface area contributed by atoms with E-state index in [4.69, 9.17) is 0 Å². The van der Waals surface area contributed by atoms with Gasteiger partial charge in [0, 0.05) is 36.8 Å². The molecule has 0 bridgehead atoms. The van der Waals surface area contributed by atoms with Gasteiger partial charge in [-0.2, -0.15) is 0 Å². The van der Waals surface area contributed by atoms with Gasteiger partial charge in [-0.25, -0.2) is 0 Å². The number of rotatable bonds is 5. The molecule has 45 heavy (non-hydrogen) atoms. The molecule has 0 saturated carbocycles. The second-order valence-electron chi connectivity index (χ2n) is 12.4. The van der Waals surface area contributed by atoms with Gasteiger partial charge in [-0.3, -0.25) is 0 Å². The topological polar surface area (TPSA) is 45.4 Å². The third-order valence-corrected chi connectivity index (χ3v) is 10.7. The van der Waals surface area contributed by atoms with Crippen molar-refractivity contribution in [2.45, 2.75) is 26.2 Å². The maximum Gasteiger partial charge on any atom is 0.488 e. The number of hydrogen-bond donors (Lipinski definition) is 2. The molecule has 0 atom stereocenters. The van der Waals surface area contributed by atoms with Crippen LogP contribution >= 0.6 is 11.3 Å². The molecule has 1 aliphatic rings. The molecule has 7 aromatic rings. The summed E-state index contributed by atoms with van der Waals surface area (Å²) >= 11 is 1.71. The minimum Gasteiger partial charge on any atom is -0.423 e. The number of thiophene rings is 1. The summed E-state index contributed by atoms with van der Waals surface area (Å²) in [7, 11) is -1.61. The van der Waals surface area contributed by atoms with Gasteiger partial charge in [0.25, 0.3) is 0 Å². The van der Waals surface area contributed by atoms with Crippen LogP contribution in [0.25, 0.3) is 72.0 Å².